The van der Waals surface area contributed by atoms with E-state index >= 15 is 0 Å². The standard InChI is InChI=1S/C16H23NO2/c1-11(2)15(16(18)19-3)17-14-9-13(10-14)12-7-5-4-6-8-12/h4-8,11,13-15,17H,9-10H2,1-3H3. The minimum absolute atomic E-state index is 0.154. The lowest BCUT2D eigenvalue weighted by atomic mass is 9.75. The largest absolute Gasteiger partial charge is 0.468 e. The van der Waals surface area contributed by atoms with E-state index in [-0.39, 0.29) is 17.9 Å². The smallest absolute Gasteiger partial charge is 0.323 e. The third-order valence-electron chi connectivity index (χ3n) is 3.95. The van der Waals surface area contributed by atoms with Crippen molar-refractivity contribution < 1.29 is 9.53 Å². The molecule has 1 saturated carbocycles. The molecule has 1 atom stereocenters. The van der Waals surface area contributed by atoms with Crippen molar-refractivity contribution in [3.63, 3.8) is 0 Å². The van der Waals surface area contributed by atoms with Crippen LogP contribution in [0, 0.1) is 5.92 Å². The third-order valence-corrected chi connectivity index (χ3v) is 3.95. The molecule has 0 spiro atoms. The average molecular weight is 261 g/mol. The van der Waals surface area contributed by atoms with Crippen LogP contribution in [0.1, 0.15) is 38.2 Å². The average Bonchev–Trinajstić information content (AvgIpc) is 2.37. The van der Waals surface area contributed by atoms with Crippen LogP contribution < -0.4 is 5.32 Å². The van der Waals surface area contributed by atoms with Crippen LogP contribution >= 0.6 is 0 Å². The Morgan fingerprint density at radius 2 is 1.89 bits per heavy atom. The van der Waals surface area contributed by atoms with Crippen molar-refractivity contribution in [3.8, 4) is 0 Å². The lowest BCUT2D eigenvalue weighted by molar-refractivity contribution is -0.144. The predicted molar refractivity (Wildman–Crippen MR) is 76.0 cm³/mol. The molecule has 3 nitrogen and oxygen atoms in total. The van der Waals surface area contributed by atoms with Crippen LogP contribution in [0.4, 0.5) is 0 Å². The van der Waals surface area contributed by atoms with Crippen molar-refractivity contribution in [2.24, 2.45) is 5.92 Å². The van der Waals surface area contributed by atoms with Gasteiger partial charge in [-0.15, -0.1) is 0 Å². The molecule has 0 radical (unpaired) electrons. The minimum Gasteiger partial charge on any atom is -0.468 e. The second-order valence-electron chi connectivity index (χ2n) is 5.69. The van der Waals surface area contributed by atoms with Crippen LogP contribution in [0.15, 0.2) is 30.3 Å². The summed E-state index contributed by atoms with van der Waals surface area (Å²) in [6.07, 6.45) is 2.20. The summed E-state index contributed by atoms with van der Waals surface area (Å²) in [6, 6.07) is 10.8. The quantitative estimate of drug-likeness (QED) is 0.828. The molecule has 3 heteroatoms. The summed E-state index contributed by atoms with van der Waals surface area (Å²) in [4.78, 5) is 11.7. The summed E-state index contributed by atoms with van der Waals surface area (Å²) in [5.41, 5.74) is 1.40. The van der Waals surface area contributed by atoms with Gasteiger partial charge in [0.15, 0.2) is 0 Å². The van der Waals surface area contributed by atoms with Crippen LogP contribution in [0.3, 0.4) is 0 Å². The summed E-state index contributed by atoms with van der Waals surface area (Å²) >= 11 is 0. The fourth-order valence-corrected chi connectivity index (χ4v) is 2.66. The van der Waals surface area contributed by atoms with E-state index in [0.29, 0.717) is 12.0 Å². The highest BCUT2D eigenvalue weighted by Crippen LogP contribution is 2.37. The van der Waals surface area contributed by atoms with E-state index in [0.717, 1.165) is 12.8 Å². The Bertz CT molecular complexity index is 410. The SMILES string of the molecule is COC(=O)C(NC1CC(c2ccccc2)C1)C(C)C. The Labute approximate surface area is 115 Å². The van der Waals surface area contributed by atoms with Gasteiger partial charge in [0.1, 0.15) is 6.04 Å². The molecule has 1 aliphatic carbocycles. The summed E-state index contributed by atoms with van der Waals surface area (Å²) in [6.45, 7) is 4.09. The van der Waals surface area contributed by atoms with Crippen molar-refractivity contribution in [2.45, 2.75) is 44.7 Å². The molecule has 1 fully saturated rings. The van der Waals surface area contributed by atoms with Crippen molar-refractivity contribution in [2.75, 3.05) is 7.11 Å². The first-order chi connectivity index (χ1) is 9.11. The number of carbonyl (C=O) groups is 1. The van der Waals surface area contributed by atoms with Crippen LogP contribution in [0.2, 0.25) is 0 Å². The number of hydrogen-bond donors (Lipinski definition) is 1. The van der Waals surface area contributed by atoms with Crippen LogP contribution in [0.5, 0.6) is 0 Å². The Hall–Kier alpha value is -1.35. The van der Waals surface area contributed by atoms with Gasteiger partial charge in [-0.25, -0.2) is 0 Å². The molecular weight excluding hydrogens is 238 g/mol. The van der Waals surface area contributed by atoms with Gasteiger partial charge in [-0.2, -0.15) is 0 Å². The molecule has 1 aromatic carbocycles. The van der Waals surface area contributed by atoms with Gasteiger partial charge in [0.05, 0.1) is 7.11 Å². The molecular formula is C16H23NO2. The zero-order valence-corrected chi connectivity index (χ0v) is 11.9. The van der Waals surface area contributed by atoms with E-state index in [1.54, 1.807) is 0 Å². The number of esters is 1. The molecule has 104 valence electrons. The molecule has 0 amide bonds. The Balaban J connectivity index is 1.85. The molecule has 2 rings (SSSR count). The topological polar surface area (TPSA) is 38.3 Å². The van der Waals surface area contributed by atoms with Crippen LogP contribution in [-0.4, -0.2) is 25.2 Å². The van der Waals surface area contributed by atoms with Gasteiger partial charge in [0.25, 0.3) is 0 Å². The van der Waals surface area contributed by atoms with E-state index in [1.807, 2.05) is 19.9 Å². The van der Waals surface area contributed by atoms with Crippen LogP contribution in [0.25, 0.3) is 0 Å². The number of ether oxygens (including phenoxy) is 1. The van der Waals surface area contributed by atoms with Gasteiger partial charge < -0.3 is 10.1 Å². The van der Waals surface area contributed by atoms with Gasteiger partial charge in [0.2, 0.25) is 0 Å². The number of nitrogens with one attached hydrogen (secondary N) is 1. The van der Waals surface area contributed by atoms with Crippen molar-refractivity contribution in [3.05, 3.63) is 35.9 Å². The van der Waals surface area contributed by atoms with E-state index in [4.69, 9.17) is 4.74 Å². The van der Waals surface area contributed by atoms with Crippen molar-refractivity contribution >= 4 is 5.97 Å². The summed E-state index contributed by atoms with van der Waals surface area (Å²) in [7, 11) is 1.45. The van der Waals surface area contributed by atoms with E-state index in [2.05, 4.69) is 29.6 Å². The first-order valence-electron chi connectivity index (χ1n) is 7.00. The molecule has 1 unspecified atom stereocenters. The maximum Gasteiger partial charge on any atom is 0.323 e. The van der Waals surface area contributed by atoms with Gasteiger partial charge in [0, 0.05) is 6.04 Å². The molecule has 0 aromatic heterocycles. The van der Waals surface area contributed by atoms with Gasteiger partial charge in [-0.3, -0.25) is 4.79 Å². The zero-order chi connectivity index (χ0) is 13.8. The lowest BCUT2D eigenvalue weighted by Crippen LogP contribution is -2.51. The summed E-state index contributed by atoms with van der Waals surface area (Å²) in [5, 5.41) is 3.43. The number of methoxy groups -OCH3 is 1. The van der Waals surface area contributed by atoms with E-state index < -0.39 is 0 Å². The Kier molecular flexibility index (Phi) is 4.59. The highest BCUT2D eigenvalue weighted by Gasteiger charge is 2.34. The number of hydrogen-bond acceptors (Lipinski definition) is 3. The van der Waals surface area contributed by atoms with Crippen LogP contribution in [-0.2, 0) is 9.53 Å². The molecule has 0 saturated heterocycles. The first-order valence-corrected chi connectivity index (χ1v) is 7.00. The first kappa shape index (κ1) is 14.1. The molecule has 1 N–H and O–H groups in total. The monoisotopic (exact) mass is 261 g/mol. The van der Waals surface area contributed by atoms with Gasteiger partial charge >= 0.3 is 5.97 Å². The van der Waals surface area contributed by atoms with Crippen molar-refractivity contribution in [1.29, 1.82) is 0 Å². The lowest BCUT2D eigenvalue weighted by Gasteiger charge is -2.39. The fourth-order valence-electron chi connectivity index (χ4n) is 2.66. The Morgan fingerprint density at radius 3 is 2.42 bits per heavy atom. The highest BCUT2D eigenvalue weighted by atomic mass is 16.5. The van der Waals surface area contributed by atoms with E-state index in [1.165, 1.54) is 12.7 Å². The third kappa shape index (κ3) is 3.35. The van der Waals surface area contributed by atoms with Gasteiger partial charge in [-0.05, 0) is 30.2 Å². The second kappa shape index (κ2) is 6.20. The maximum absolute atomic E-state index is 11.7. The molecule has 19 heavy (non-hydrogen) atoms. The van der Waals surface area contributed by atoms with E-state index in [9.17, 15) is 4.79 Å². The van der Waals surface area contributed by atoms with Crippen molar-refractivity contribution in [1.82, 2.24) is 5.32 Å². The predicted octanol–water partition coefficient (Wildman–Crippen LogP) is 2.72. The molecule has 1 aromatic rings. The van der Waals surface area contributed by atoms with Gasteiger partial charge in [-0.1, -0.05) is 44.2 Å². The second-order valence-corrected chi connectivity index (χ2v) is 5.69. The molecule has 0 aliphatic heterocycles. The minimum atomic E-state index is -0.188. The highest BCUT2D eigenvalue weighted by molar-refractivity contribution is 5.76. The fraction of sp³-hybridized carbons (Fsp3) is 0.562. The number of carbonyl (C=O) groups excluding carboxylic acids is 1. The normalized spacial score (nSPS) is 23.8. The zero-order valence-electron chi connectivity index (χ0n) is 11.9. The maximum atomic E-state index is 11.7. The molecule has 0 heterocycles. The summed E-state index contributed by atoms with van der Waals surface area (Å²) < 4.78 is 4.85. The molecule has 0 bridgehead atoms. The molecule has 1 aliphatic rings. The summed E-state index contributed by atoms with van der Waals surface area (Å²) in [5.74, 6) is 0.727. The number of benzene rings is 1. The number of rotatable bonds is 5. The Morgan fingerprint density at radius 1 is 1.26 bits per heavy atom.